The van der Waals surface area contributed by atoms with Crippen LogP contribution in [0.25, 0.3) is 11.3 Å². The van der Waals surface area contributed by atoms with E-state index in [1.165, 1.54) is 37.7 Å². The van der Waals surface area contributed by atoms with Gasteiger partial charge in [-0.2, -0.15) is 0 Å². The molecule has 148 valence electrons. The van der Waals surface area contributed by atoms with Crippen molar-refractivity contribution in [2.24, 2.45) is 0 Å². The van der Waals surface area contributed by atoms with Crippen LogP contribution in [0.15, 0.2) is 42.7 Å². The molecule has 0 atom stereocenters. The summed E-state index contributed by atoms with van der Waals surface area (Å²) in [4.78, 5) is 12.5. The van der Waals surface area contributed by atoms with Crippen LogP contribution in [0.2, 0.25) is 0 Å². The fourth-order valence-electron chi connectivity index (χ4n) is 2.94. The third kappa shape index (κ3) is 3.56. The molecule has 7 nitrogen and oxygen atoms in total. The number of alkyl halides is 2. The van der Waals surface area contributed by atoms with Gasteiger partial charge in [-0.1, -0.05) is 0 Å². The van der Waals surface area contributed by atoms with E-state index in [1.54, 1.807) is 12.1 Å². The van der Waals surface area contributed by atoms with Crippen molar-refractivity contribution in [2.75, 3.05) is 7.11 Å². The molecule has 0 unspecified atom stereocenters. The molecule has 3 aromatic rings. The molecule has 1 N–H and O–H groups in total. The molecule has 1 aromatic carbocycles. The maximum Gasteiger partial charge on any atom is 0.586 e. The molecule has 0 fully saturated rings. The van der Waals surface area contributed by atoms with Gasteiger partial charge in [0.2, 0.25) is 0 Å². The molecule has 4 rings (SSSR count). The van der Waals surface area contributed by atoms with Crippen LogP contribution in [-0.2, 0) is 11.8 Å². The number of methoxy groups -OCH3 is 1. The van der Waals surface area contributed by atoms with Crippen molar-refractivity contribution in [1.82, 2.24) is 15.0 Å². The van der Waals surface area contributed by atoms with Crippen LogP contribution in [0.5, 0.6) is 17.2 Å². The predicted molar refractivity (Wildman–Crippen MR) is 103 cm³/mol. The van der Waals surface area contributed by atoms with Crippen molar-refractivity contribution in [3.05, 3.63) is 59.8 Å². The number of hydrogen-bond acceptors (Lipinski definition) is 7. The molecule has 4 radical (unpaired) electrons. The Morgan fingerprint density at radius 2 is 1.80 bits per heavy atom. The molecule has 0 spiro atoms. The standard InChI is InChI=1S/C19H13B2F2N3O4/c1-28-13-4-5-15(18(20,21)11-7-24-16(9-27)25-8-11)26-17(13)10-2-3-12-14(6-10)30-19(22,23)29-12/h2-8,27H,9H2,1H3. The van der Waals surface area contributed by atoms with Gasteiger partial charge in [-0.25, -0.2) is 15.0 Å². The molecule has 0 saturated carbocycles. The molecule has 0 saturated heterocycles. The summed E-state index contributed by atoms with van der Waals surface area (Å²) in [6, 6.07) is 7.42. The number of rotatable bonds is 5. The van der Waals surface area contributed by atoms with E-state index in [2.05, 4.69) is 24.4 Å². The van der Waals surface area contributed by atoms with Crippen LogP contribution in [0.4, 0.5) is 8.78 Å². The topological polar surface area (TPSA) is 86.6 Å². The molecule has 0 bridgehead atoms. The second kappa shape index (κ2) is 7.24. The molecule has 30 heavy (non-hydrogen) atoms. The first-order chi connectivity index (χ1) is 14.2. The maximum atomic E-state index is 13.3. The molecular formula is C19H13B2F2N3O4. The highest BCUT2D eigenvalue weighted by molar-refractivity contribution is 6.42. The molecule has 11 heteroatoms. The lowest BCUT2D eigenvalue weighted by Crippen LogP contribution is -2.30. The predicted octanol–water partition coefficient (Wildman–Crippen LogP) is 1.90. The van der Waals surface area contributed by atoms with Crippen LogP contribution < -0.4 is 14.2 Å². The van der Waals surface area contributed by atoms with Gasteiger partial charge in [0.1, 0.15) is 18.1 Å². The molecule has 3 heterocycles. The van der Waals surface area contributed by atoms with Crippen LogP contribution in [0.3, 0.4) is 0 Å². The summed E-state index contributed by atoms with van der Waals surface area (Å²) in [5.74, 6) is 0.362. The lowest BCUT2D eigenvalue weighted by Gasteiger charge is -2.26. The summed E-state index contributed by atoms with van der Waals surface area (Å²) < 4.78 is 40.9. The van der Waals surface area contributed by atoms with Crippen molar-refractivity contribution >= 4 is 15.7 Å². The lowest BCUT2D eigenvalue weighted by atomic mass is 9.49. The van der Waals surface area contributed by atoms with Crippen molar-refractivity contribution in [3.63, 3.8) is 0 Å². The largest absolute Gasteiger partial charge is 0.586 e. The number of aromatic nitrogens is 3. The SMILES string of the molecule is [B]C([B])(c1cnc(CO)nc1)c1ccc(OC)c(-c2ccc3c(c2)OC(F)(F)O3)n1. The van der Waals surface area contributed by atoms with Crippen molar-refractivity contribution in [2.45, 2.75) is 18.1 Å². The minimum Gasteiger partial charge on any atom is -0.494 e. The number of benzene rings is 1. The average Bonchev–Trinajstić information content (AvgIpc) is 3.06. The number of hydrogen-bond donors (Lipinski definition) is 1. The van der Waals surface area contributed by atoms with Gasteiger partial charge in [-0.15, -0.1) is 8.78 Å². The van der Waals surface area contributed by atoms with Gasteiger partial charge in [0, 0.05) is 23.7 Å². The van der Waals surface area contributed by atoms with E-state index in [9.17, 15) is 8.78 Å². The van der Waals surface area contributed by atoms with E-state index < -0.39 is 11.5 Å². The van der Waals surface area contributed by atoms with E-state index >= 15 is 0 Å². The summed E-state index contributed by atoms with van der Waals surface area (Å²) in [5, 5.41) is 7.52. The van der Waals surface area contributed by atoms with Gasteiger partial charge < -0.3 is 19.3 Å². The van der Waals surface area contributed by atoms with Gasteiger partial charge in [-0.05, 0) is 41.1 Å². The first-order valence-electron chi connectivity index (χ1n) is 8.69. The zero-order valence-corrected chi connectivity index (χ0v) is 15.7. The fraction of sp³-hybridized carbons (Fsp3) is 0.211. The third-order valence-electron chi connectivity index (χ3n) is 4.50. The number of aliphatic hydroxyl groups is 1. The summed E-state index contributed by atoms with van der Waals surface area (Å²) in [5.41, 5.74) is 1.34. The van der Waals surface area contributed by atoms with E-state index in [-0.39, 0.29) is 29.6 Å². The normalized spacial score (nSPS) is 14.5. The Morgan fingerprint density at radius 3 is 2.47 bits per heavy atom. The number of nitrogens with zero attached hydrogens (tertiary/aromatic N) is 3. The monoisotopic (exact) mass is 407 g/mol. The fourth-order valence-corrected chi connectivity index (χ4v) is 2.94. The minimum absolute atomic E-state index is 0.0908. The molecule has 1 aliphatic heterocycles. The second-order valence-electron chi connectivity index (χ2n) is 6.49. The number of ether oxygens (including phenoxy) is 3. The van der Waals surface area contributed by atoms with Crippen molar-refractivity contribution in [1.29, 1.82) is 0 Å². The van der Waals surface area contributed by atoms with Crippen LogP contribution in [-0.4, -0.2) is 49.2 Å². The highest BCUT2D eigenvalue weighted by Crippen LogP contribution is 2.44. The quantitative estimate of drug-likeness (QED) is 0.647. The highest BCUT2D eigenvalue weighted by atomic mass is 19.3. The van der Waals surface area contributed by atoms with Crippen molar-refractivity contribution in [3.8, 4) is 28.5 Å². The van der Waals surface area contributed by atoms with E-state index in [0.717, 1.165) is 0 Å². The molecule has 1 aliphatic rings. The number of pyridine rings is 1. The van der Waals surface area contributed by atoms with Crippen LogP contribution >= 0.6 is 0 Å². The second-order valence-corrected chi connectivity index (χ2v) is 6.49. The number of halogens is 2. The van der Waals surface area contributed by atoms with E-state index in [0.29, 0.717) is 22.6 Å². The maximum absolute atomic E-state index is 13.3. The summed E-state index contributed by atoms with van der Waals surface area (Å²) in [6.07, 6.45) is -0.940. The van der Waals surface area contributed by atoms with E-state index in [1.807, 2.05) is 0 Å². The van der Waals surface area contributed by atoms with Gasteiger partial charge in [-0.3, -0.25) is 0 Å². The summed E-state index contributed by atoms with van der Waals surface area (Å²) in [6.45, 7) is -0.323. The first-order valence-corrected chi connectivity index (χ1v) is 8.69. The molecule has 2 aromatic heterocycles. The van der Waals surface area contributed by atoms with E-state index in [4.69, 9.17) is 25.5 Å². The Hall–Kier alpha value is -3.20. The average molecular weight is 407 g/mol. The smallest absolute Gasteiger partial charge is 0.494 e. The van der Waals surface area contributed by atoms with Crippen LogP contribution in [0.1, 0.15) is 17.1 Å². The van der Waals surface area contributed by atoms with Gasteiger partial charge in [0.25, 0.3) is 0 Å². The van der Waals surface area contributed by atoms with Crippen molar-refractivity contribution < 1.29 is 28.1 Å². The van der Waals surface area contributed by atoms with Crippen LogP contribution in [0, 0.1) is 0 Å². The molecular weight excluding hydrogens is 394 g/mol. The Labute approximate surface area is 172 Å². The Kier molecular flexibility index (Phi) is 4.85. The van der Waals surface area contributed by atoms with Gasteiger partial charge in [0.15, 0.2) is 17.3 Å². The Bertz CT molecular complexity index is 1100. The number of aliphatic hydroxyl groups excluding tert-OH is 1. The summed E-state index contributed by atoms with van der Waals surface area (Å²) >= 11 is 0. The highest BCUT2D eigenvalue weighted by Gasteiger charge is 2.43. The Balaban J connectivity index is 1.76. The van der Waals surface area contributed by atoms with Gasteiger partial charge in [0.05, 0.1) is 22.8 Å². The minimum atomic E-state index is -3.73. The number of fused-ring (bicyclic) bond motifs is 1. The third-order valence-corrected chi connectivity index (χ3v) is 4.50. The van der Waals surface area contributed by atoms with Gasteiger partial charge >= 0.3 is 6.29 Å². The molecule has 0 aliphatic carbocycles. The molecule has 0 amide bonds. The lowest BCUT2D eigenvalue weighted by molar-refractivity contribution is -0.286. The first kappa shape index (κ1) is 20.1. The zero-order valence-electron chi connectivity index (χ0n) is 15.7. The summed E-state index contributed by atoms with van der Waals surface area (Å²) in [7, 11) is 14.1. The zero-order chi connectivity index (χ0) is 21.5. The Morgan fingerprint density at radius 1 is 1.10 bits per heavy atom.